The molecule has 1 atom stereocenters. The van der Waals surface area contributed by atoms with Crippen LogP contribution in [0.25, 0.3) is 0 Å². The molecule has 0 spiro atoms. The number of hydrogen-bond acceptors (Lipinski definition) is 4. The summed E-state index contributed by atoms with van der Waals surface area (Å²) in [5.74, 6) is -0.105. The fourth-order valence-corrected chi connectivity index (χ4v) is 2.89. The minimum absolute atomic E-state index is 0.105. The molecule has 0 saturated carbocycles. The van der Waals surface area contributed by atoms with Crippen molar-refractivity contribution in [3.63, 3.8) is 0 Å². The molecule has 0 aliphatic rings. The van der Waals surface area contributed by atoms with E-state index >= 15 is 0 Å². The zero-order valence-electron chi connectivity index (χ0n) is 13.3. The van der Waals surface area contributed by atoms with Crippen LogP contribution in [0.4, 0.5) is 0 Å². The number of carbonyl (C=O) groups excluding carboxylic acids is 1. The first-order valence-electron chi connectivity index (χ1n) is 7.60. The molecule has 6 heteroatoms. The van der Waals surface area contributed by atoms with Gasteiger partial charge < -0.3 is 5.32 Å². The lowest BCUT2D eigenvalue weighted by Gasteiger charge is -2.19. The van der Waals surface area contributed by atoms with Crippen LogP contribution in [0.15, 0.2) is 71.9 Å². The number of nitrogens with one attached hydrogen (secondary N) is 1. The van der Waals surface area contributed by atoms with Crippen molar-refractivity contribution in [3.05, 3.63) is 78.1 Å². The van der Waals surface area contributed by atoms with Gasteiger partial charge in [0, 0.05) is 10.5 Å². The molecule has 1 heterocycles. The molecule has 0 saturated heterocycles. The van der Waals surface area contributed by atoms with Crippen molar-refractivity contribution in [3.8, 4) is 0 Å². The number of benzene rings is 2. The number of nitrogens with zero attached hydrogens (tertiary/aromatic N) is 3. The molecule has 3 aromatic rings. The molecule has 5 nitrogen and oxygen atoms in total. The van der Waals surface area contributed by atoms with Gasteiger partial charge in [-0.1, -0.05) is 36.4 Å². The summed E-state index contributed by atoms with van der Waals surface area (Å²) in [6, 6.07) is 17.3. The lowest BCUT2D eigenvalue weighted by molar-refractivity contribution is 0.0930. The average Bonchev–Trinajstić information content (AvgIpc) is 3.15. The first-order valence-corrected chi connectivity index (χ1v) is 8.82. The Kier molecular flexibility index (Phi) is 5.28. The Morgan fingerprint density at radius 2 is 1.88 bits per heavy atom. The van der Waals surface area contributed by atoms with Crippen LogP contribution in [0.3, 0.4) is 0 Å². The van der Waals surface area contributed by atoms with E-state index in [0.717, 1.165) is 10.5 Å². The van der Waals surface area contributed by atoms with E-state index in [2.05, 4.69) is 15.5 Å². The Morgan fingerprint density at radius 3 is 2.58 bits per heavy atom. The fraction of sp³-hybridized carbons (Fsp3) is 0.167. The van der Waals surface area contributed by atoms with E-state index in [4.69, 9.17) is 0 Å². The van der Waals surface area contributed by atoms with E-state index in [1.165, 1.54) is 0 Å². The van der Waals surface area contributed by atoms with Gasteiger partial charge in [-0.05, 0) is 30.0 Å². The van der Waals surface area contributed by atoms with E-state index in [9.17, 15) is 4.79 Å². The zero-order valence-corrected chi connectivity index (χ0v) is 14.1. The topological polar surface area (TPSA) is 59.8 Å². The van der Waals surface area contributed by atoms with Gasteiger partial charge in [-0.2, -0.15) is 15.0 Å². The summed E-state index contributed by atoms with van der Waals surface area (Å²) >= 11 is 1.62. The predicted octanol–water partition coefficient (Wildman–Crippen LogP) is 3.17. The van der Waals surface area contributed by atoms with E-state index in [1.54, 1.807) is 29.0 Å². The number of aromatic nitrogens is 3. The van der Waals surface area contributed by atoms with Gasteiger partial charge in [0.2, 0.25) is 0 Å². The number of rotatable bonds is 6. The van der Waals surface area contributed by atoms with Gasteiger partial charge in [0.15, 0.2) is 0 Å². The predicted molar refractivity (Wildman–Crippen MR) is 94.9 cm³/mol. The third-order valence-corrected chi connectivity index (χ3v) is 4.38. The summed E-state index contributed by atoms with van der Waals surface area (Å²) in [5, 5.41) is 11.4. The maximum absolute atomic E-state index is 12.7. The van der Waals surface area contributed by atoms with E-state index < -0.39 is 0 Å². The van der Waals surface area contributed by atoms with Gasteiger partial charge >= 0.3 is 0 Å². The third-order valence-electron chi connectivity index (χ3n) is 3.65. The summed E-state index contributed by atoms with van der Waals surface area (Å²) < 4.78 is 0. The summed E-state index contributed by atoms with van der Waals surface area (Å²) in [6.07, 6.45) is 5.25. The summed E-state index contributed by atoms with van der Waals surface area (Å²) in [6.45, 7) is 0.477. The molecule has 1 amide bonds. The molecular weight excluding hydrogens is 320 g/mol. The Bertz CT molecular complexity index is 790. The molecule has 0 unspecified atom stereocenters. The number of thioether (sulfide) groups is 1. The second kappa shape index (κ2) is 7.79. The second-order valence-corrected chi connectivity index (χ2v) is 6.13. The maximum Gasteiger partial charge on any atom is 0.251 e. The van der Waals surface area contributed by atoms with Crippen molar-refractivity contribution in [2.75, 3.05) is 6.26 Å². The Labute approximate surface area is 145 Å². The highest BCUT2D eigenvalue weighted by Gasteiger charge is 2.17. The smallest absolute Gasteiger partial charge is 0.251 e. The first-order chi connectivity index (χ1) is 11.8. The standard InChI is InChI=1S/C18H18N4OS/c1-24-16-9-5-8-15(12-16)18(23)21-17(13-22-19-10-11-20-22)14-6-3-2-4-7-14/h2-12,17H,13H2,1H3,(H,21,23)/t17-/m0/s1. The van der Waals surface area contributed by atoms with Crippen molar-refractivity contribution < 1.29 is 4.79 Å². The van der Waals surface area contributed by atoms with Crippen molar-refractivity contribution in [2.24, 2.45) is 0 Å². The minimum atomic E-state index is -0.205. The fourth-order valence-electron chi connectivity index (χ4n) is 2.43. The molecule has 24 heavy (non-hydrogen) atoms. The second-order valence-electron chi connectivity index (χ2n) is 5.25. The van der Waals surface area contributed by atoms with E-state index in [-0.39, 0.29) is 11.9 Å². The van der Waals surface area contributed by atoms with Crippen LogP contribution in [-0.2, 0) is 6.54 Å². The quantitative estimate of drug-likeness (QED) is 0.701. The van der Waals surface area contributed by atoms with Crippen molar-refractivity contribution >= 4 is 17.7 Å². The monoisotopic (exact) mass is 338 g/mol. The minimum Gasteiger partial charge on any atom is -0.343 e. The maximum atomic E-state index is 12.7. The first kappa shape index (κ1) is 16.3. The van der Waals surface area contributed by atoms with Crippen LogP contribution in [0.1, 0.15) is 22.0 Å². The summed E-state index contributed by atoms with van der Waals surface area (Å²) in [7, 11) is 0. The summed E-state index contributed by atoms with van der Waals surface area (Å²) in [4.78, 5) is 15.3. The molecule has 0 fully saturated rings. The van der Waals surface area contributed by atoms with Crippen LogP contribution in [0.2, 0.25) is 0 Å². The number of hydrogen-bond donors (Lipinski definition) is 1. The average molecular weight is 338 g/mol. The largest absolute Gasteiger partial charge is 0.343 e. The molecular formula is C18H18N4OS. The Balaban J connectivity index is 1.81. The third kappa shape index (κ3) is 4.02. The Hall–Kier alpha value is -2.60. The molecule has 0 aliphatic heterocycles. The highest BCUT2D eigenvalue weighted by atomic mass is 32.2. The van der Waals surface area contributed by atoms with Gasteiger partial charge in [0.25, 0.3) is 5.91 Å². The zero-order chi connectivity index (χ0) is 16.8. The lowest BCUT2D eigenvalue weighted by atomic mass is 10.1. The van der Waals surface area contributed by atoms with Crippen LogP contribution >= 0.6 is 11.8 Å². The van der Waals surface area contributed by atoms with Crippen LogP contribution in [0, 0.1) is 0 Å². The molecule has 3 rings (SSSR count). The van der Waals surface area contributed by atoms with E-state index in [1.807, 2.05) is 60.9 Å². The van der Waals surface area contributed by atoms with Gasteiger partial charge in [0.1, 0.15) is 0 Å². The van der Waals surface area contributed by atoms with Gasteiger partial charge in [-0.15, -0.1) is 11.8 Å². The van der Waals surface area contributed by atoms with Crippen LogP contribution in [-0.4, -0.2) is 27.2 Å². The van der Waals surface area contributed by atoms with Gasteiger partial charge in [-0.25, -0.2) is 0 Å². The normalized spacial score (nSPS) is 11.9. The van der Waals surface area contributed by atoms with Gasteiger partial charge in [0.05, 0.1) is 25.0 Å². The highest BCUT2D eigenvalue weighted by molar-refractivity contribution is 7.98. The molecule has 0 aliphatic carbocycles. The van der Waals surface area contributed by atoms with Crippen LogP contribution in [0.5, 0.6) is 0 Å². The highest BCUT2D eigenvalue weighted by Crippen LogP contribution is 2.18. The number of carbonyl (C=O) groups is 1. The molecule has 1 N–H and O–H groups in total. The Morgan fingerprint density at radius 1 is 1.12 bits per heavy atom. The van der Waals surface area contributed by atoms with Crippen LogP contribution < -0.4 is 5.32 Å². The molecule has 0 radical (unpaired) electrons. The number of amides is 1. The molecule has 122 valence electrons. The summed E-state index contributed by atoms with van der Waals surface area (Å²) in [5.41, 5.74) is 1.67. The molecule has 0 bridgehead atoms. The van der Waals surface area contributed by atoms with Gasteiger partial charge in [-0.3, -0.25) is 4.79 Å². The van der Waals surface area contributed by atoms with Crippen molar-refractivity contribution in [1.82, 2.24) is 20.3 Å². The SMILES string of the molecule is CSc1cccc(C(=O)N[C@@H](Cn2nccn2)c2ccccc2)c1. The van der Waals surface area contributed by atoms with Crippen molar-refractivity contribution in [2.45, 2.75) is 17.5 Å². The van der Waals surface area contributed by atoms with E-state index in [0.29, 0.717) is 12.1 Å². The molecule has 2 aromatic carbocycles. The lowest BCUT2D eigenvalue weighted by Crippen LogP contribution is -2.32. The molecule has 1 aromatic heterocycles. The van der Waals surface area contributed by atoms with Crippen molar-refractivity contribution in [1.29, 1.82) is 0 Å².